The number of carboxylic acids is 1. The lowest BCUT2D eigenvalue weighted by molar-refractivity contribution is -0.181. The first-order valence-corrected chi connectivity index (χ1v) is 4.98. The van der Waals surface area contributed by atoms with E-state index >= 15 is 0 Å². The minimum absolute atomic E-state index is 0.0959. The summed E-state index contributed by atoms with van der Waals surface area (Å²) in [5.41, 5.74) is 0. The Kier molecular flexibility index (Phi) is 7.11. The van der Waals surface area contributed by atoms with Gasteiger partial charge in [-0.2, -0.15) is 0 Å². The standard InChI is InChI=1S/C9H14O10/c10-1-3(12)5(13)4(2-11)19-9(18)7(15)6(14)8(16)17/h2-7,10,12-15H,1H2,(H,16,17)/t3-,4-,5-,6?,7?/m0/s1. The second kappa shape index (κ2) is 7.76. The zero-order chi connectivity index (χ0) is 15.2. The van der Waals surface area contributed by atoms with E-state index in [1.54, 1.807) is 0 Å². The molecule has 0 aliphatic heterocycles. The Morgan fingerprint density at radius 1 is 1.11 bits per heavy atom. The monoisotopic (exact) mass is 282 g/mol. The molecule has 0 saturated carbocycles. The van der Waals surface area contributed by atoms with Crippen molar-refractivity contribution in [1.82, 2.24) is 0 Å². The normalized spacial score (nSPS) is 18.8. The second-order valence-electron chi connectivity index (χ2n) is 3.51. The number of aliphatic carboxylic acids is 1. The van der Waals surface area contributed by atoms with E-state index in [2.05, 4.69) is 4.74 Å². The van der Waals surface area contributed by atoms with E-state index in [1.165, 1.54) is 0 Å². The first-order valence-electron chi connectivity index (χ1n) is 4.98. The van der Waals surface area contributed by atoms with Crippen LogP contribution in [0, 0.1) is 0 Å². The minimum atomic E-state index is -2.47. The lowest BCUT2D eigenvalue weighted by Gasteiger charge is -2.23. The predicted molar refractivity (Wildman–Crippen MR) is 54.7 cm³/mol. The van der Waals surface area contributed by atoms with Gasteiger partial charge in [0.25, 0.3) is 0 Å². The second-order valence-corrected chi connectivity index (χ2v) is 3.51. The molecule has 5 atom stereocenters. The van der Waals surface area contributed by atoms with Crippen LogP contribution in [0.5, 0.6) is 0 Å². The van der Waals surface area contributed by atoms with E-state index in [4.69, 9.17) is 25.5 Å². The van der Waals surface area contributed by atoms with Gasteiger partial charge in [-0.15, -0.1) is 0 Å². The number of carbonyl (C=O) groups is 3. The van der Waals surface area contributed by atoms with Crippen LogP contribution in [0.2, 0.25) is 0 Å². The van der Waals surface area contributed by atoms with E-state index in [9.17, 15) is 19.5 Å². The molecule has 0 aromatic carbocycles. The first kappa shape index (κ1) is 17.4. The van der Waals surface area contributed by atoms with Crippen molar-refractivity contribution in [3.8, 4) is 0 Å². The number of aldehydes is 1. The fourth-order valence-corrected chi connectivity index (χ4v) is 0.973. The van der Waals surface area contributed by atoms with E-state index < -0.39 is 49.1 Å². The third-order valence-electron chi connectivity index (χ3n) is 2.10. The summed E-state index contributed by atoms with van der Waals surface area (Å²) in [4.78, 5) is 32.0. The van der Waals surface area contributed by atoms with Crippen LogP contribution in [0.1, 0.15) is 0 Å². The van der Waals surface area contributed by atoms with Crippen molar-refractivity contribution >= 4 is 18.2 Å². The molecule has 0 aromatic heterocycles. The molecule has 19 heavy (non-hydrogen) atoms. The van der Waals surface area contributed by atoms with Gasteiger partial charge in [-0.25, -0.2) is 9.59 Å². The maximum absolute atomic E-state index is 11.2. The lowest BCUT2D eigenvalue weighted by atomic mass is 10.1. The van der Waals surface area contributed by atoms with Crippen LogP contribution in [0.4, 0.5) is 0 Å². The van der Waals surface area contributed by atoms with Crippen LogP contribution in [0.3, 0.4) is 0 Å². The Morgan fingerprint density at radius 2 is 1.63 bits per heavy atom. The Bertz CT molecular complexity index is 329. The highest BCUT2D eigenvalue weighted by atomic mass is 16.6. The molecule has 0 amide bonds. The van der Waals surface area contributed by atoms with Crippen molar-refractivity contribution < 1.29 is 49.8 Å². The van der Waals surface area contributed by atoms with Gasteiger partial charge in [0.2, 0.25) is 0 Å². The Balaban J connectivity index is 4.67. The third-order valence-corrected chi connectivity index (χ3v) is 2.10. The largest absolute Gasteiger partial charge is 0.479 e. The summed E-state index contributed by atoms with van der Waals surface area (Å²) < 4.78 is 4.22. The van der Waals surface area contributed by atoms with Gasteiger partial charge in [0.15, 0.2) is 24.6 Å². The van der Waals surface area contributed by atoms with E-state index in [0.717, 1.165) is 0 Å². The highest BCUT2D eigenvalue weighted by Gasteiger charge is 2.35. The van der Waals surface area contributed by atoms with Crippen molar-refractivity contribution in [3.05, 3.63) is 0 Å². The summed E-state index contributed by atoms with van der Waals surface area (Å²) in [7, 11) is 0. The summed E-state index contributed by atoms with van der Waals surface area (Å²) in [5, 5.41) is 53.1. The molecule has 0 aliphatic rings. The molecule has 0 heterocycles. The number of esters is 1. The quantitative estimate of drug-likeness (QED) is 0.188. The van der Waals surface area contributed by atoms with Gasteiger partial charge in [0, 0.05) is 0 Å². The van der Waals surface area contributed by atoms with Crippen molar-refractivity contribution in [2.75, 3.05) is 6.61 Å². The Hall–Kier alpha value is -1.59. The van der Waals surface area contributed by atoms with Gasteiger partial charge in [-0.05, 0) is 0 Å². The lowest BCUT2D eigenvalue weighted by Crippen LogP contribution is -2.47. The summed E-state index contributed by atoms with van der Waals surface area (Å²) in [5.74, 6) is -3.58. The number of carbonyl (C=O) groups excluding carboxylic acids is 2. The minimum Gasteiger partial charge on any atom is -0.479 e. The first-order chi connectivity index (χ1) is 8.76. The van der Waals surface area contributed by atoms with Crippen molar-refractivity contribution in [3.63, 3.8) is 0 Å². The Labute approximate surface area is 106 Å². The number of carboxylic acid groups (broad SMARTS) is 1. The van der Waals surface area contributed by atoms with E-state index in [-0.39, 0.29) is 6.29 Å². The predicted octanol–water partition coefficient (Wildman–Crippen LogP) is -4.38. The molecule has 0 aliphatic carbocycles. The molecule has 0 saturated heterocycles. The van der Waals surface area contributed by atoms with Crippen LogP contribution < -0.4 is 0 Å². The van der Waals surface area contributed by atoms with Gasteiger partial charge in [-0.1, -0.05) is 0 Å². The van der Waals surface area contributed by atoms with Crippen LogP contribution in [0.15, 0.2) is 0 Å². The number of aliphatic hydroxyl groups excluding tert-OH is 5. The molecular formula is C9H14O10. The molecule has 110 valence electrons. The molecule has 0 rings (SSSR count). The van der Waals surface area contributed by atoms with Gasteiger partial charge in [-0.3, -0.25) is 4.79 Å². The van der Waals surface area contributed by atoms with E-state index in [1.807, 2.05) is 0 Å². The molecule has 10 heteroatoms. The maximum Gasteiger partial charge on any atom is 0.339 e. The van der Waals surface area contributed by atoms with Gasteiger partial charge in [0.05, 0.1) is 6.61 Å². The summed E-state index contributed by atoms with van der Waals surface area (Å²) in [6.45, 7) is -0.927. The van der Waals surface area contributed by atoms with Gasteiger partial charge in [0.1, 0.15) is 12.2 Å². The fourth-order valence-electron chi connectivity index (χ4n) is 0.973. The topological polar surface area (TPSA) is 182 Å². The fraction of sp³-hybridized carbons (Fsp3) is 0.667. The highest BCUT2D eigenvalue weighted by Crippen LogP contribution is 2.06. The molecule has 0 bridgehead atoms. The number of hydrogen-bond donors (Lipinski definition) is 6. The molecule has 0 spiro atoms. The van der Waals surface area contributed by atoms with Gasteiger partial charge >= 0.3 is 11.9 Å². The van der Waals surface area contributed by atoms with Crippen LogP contribution in [-0.2, 0) is 19.1 Å². The number of ether oxygens (including phenoxy) is 1. The average molecular weight is 282 g/mol. The zero-order valence-electron chi connectivity index (χ0n) is 9.49. The zero-order valence-corrected chi connectivity index (χ0v) is 9.49. The number of aliphatic hydroxyl groups is 5. The van der Waals surface area contributed by atoms with Crippen molar-refractivity contribution in [1.29, 1.82) is 0 Å². The van der Waals surface area contributed by atoms with Crippen molar-refractivity contribution in [2.45, 2.75) is 30.5 Å². The molecule has 0 radical (unpaired) electrons. The summed E-state index contributed by atoms with van der Waals surface area (Å²) in [6.07, 6.45) is -10.7. The SMILES string of the molecule is O=C[C@H](OC(=O)C(O)C(O)C(=O)O)[C@@H](O)[C@@H](O)CO. The maximum atomic E-state index is 11.2. The third kappa shape index (κ3) is 4.89. The average Bonchev–Trinajstić information content (AvgIpc) is 2.40. The molecule has 0 fully saturated rings. The Morgan fingerprint density at radius 3 is 2.00 bits per heavy atom. The summed E-state index contributed by atoms with van der Waals surface area (Å²) >= 11 is 0. The van der Waals surface area contributed by atoms with Crippen LogP contribution in [-0.4, -0.2) is 86.0 Å². The smallest absolute Gasteiger partial charge is 0.339 e. The summed E-state index contributed by atoms with van der Waals surface area (Å²) in [6, 6.07) is 0. The van der Waals surface area contributed by atoms with Crippen molar-refractivity contribution in [2.24, 2.45) is 0 Å². The van der Waals surface area contributed by atoms with E-state index in [0.29, 0.717) is 0 Å². The molecule has 2 unspecified atom stereocenters. The number of rotatable bonds is 8. The molecule has 10 nitrogen and oxygen atoms in total. The molecule has 0 aromatic rings. The molecular weight excluding hydrogens is 268 g/mol. The molecule has 6 N–H and O–H groups in total. The van der Waals surface area contributed by atoms with Gasteiger partial charge < -0.3 is 35.4 Å². The van der Waals surface area contributed by atoms with Crippen LogP contribution >= 0.6 is 0 Å². The highest BCUT2D eigenvalue weighted by molar-refractivity contribution is 5.85. The van der Waals surface area contributed by atoms with Crippen LogP contribution in [0.25, 0.3) is 0 Å². The number of hydrogen-bond acceptors (Lipinski definition) is 9.